The molecule has 2 N–H and O–H groups in total. The van der Waals surface area contributed by atoms with Gasteiger partial charge in [0.05, 0.1) is 11.4 Å². The van der Waals surface area contributed by atoms with Crippen LogP contribution >= 0.6 is 0 Å². The molecule has 2 aromatic heterocycles. The van der Waals surface area contributed by atoms with Gasteiger partial charge in [-0.25, -0.2) is 4.98 Å². The number of rotatable bonds is 0. The van der Waals surface area contributed by atoms with Crippen LogP contribution in [0.5, 0.6) is 0 Å². The Morgan fingerprint density at radius 2 is 2.14 bits per heavy atom. The average Bonchev–Trinajstić information content (AvgIpc) is 2.59. The summed E-state index contributed by atoms with van der Waals surface area (Å²) in [5, 5.41) is 0. The van der Waals surface area contributed by atoms with Gasteiger partial charge < -0.3 is 10.1 Å². The highest BCUT2D eigenvalue weighted by Crippen LogP contribution is 2.24. The molecule has 0 aliphatic heterocycles. The number of nitrogens with zero attached hydrogens (tertiary/aromatic N) is 2. The molecular formula is C11H13N3. The topological polar surface area (TPSA) is 43.3 Å². The van der Waals surface area contributed by atoms with E-state index in [-0.39, 0.29) is 0 Å². The van der Waals surface area contributed by atoms with Crippen molar-refractivity contribution in [2.24, 2.45) is 0 Å². The molecule has 0 atom stereocenters. The summed E-state index contributed by atoms with van der Waals surface area (Å²) in [5.74, 6) is 0. The first kappa shape index (κ1) is 7.85. The fourth-order valence-electron chi connectivity index (χ4n) is 2.23. The molecule has 3 rings (SSSR count). The highest BCUT2D eigenvalue weighted by Gasteiger charge is 2.16. The van der Waals surface area contributed by atoms with Crippen LogP contribution in [0.2, 0.25) is 0 Å². The van der Waals surface area contributed by atoms with Crippen molar-refractivity contribution in [2.45, 2.75) is 25.7 Å². The summed E-state index contributed by atoms with van der Waals surface area (Å²) in [6, 6.07) is 3.90. The van der Waals surface area contributed by atoms with E-state index in [1.54, 1.807) is 0 Å². The van der Waals surface area contributed by atoms with Crippen LogP contribution in [0.25, 0.3) is 5.65 Å². The summed E-state index contributed by atoms with van der Waals surface area (Å²) in [7, 11) is 0. The zero-order valence-electron chi connectivity index (χ0n) is 8.03. The zero-order valence-corrected chi connectivity index (χ0v) is 8.03. The van der Waals surface area contributed by atoms with Gasteiger partial charge in [0.15, 0.2) is 5.65 Å². The van der Waals surface area contributed by atoms with Crippen molar-refractivity contribution >= 4 is 11.3 Å². The van der Waals surface area contributed by atoms with E-state index in [0.29, 0.717) is 0 Å². The number of pyridine rings is 1. The Balaban J connectivity index is 2.36. The van der Waals surface area contributed by atoms with E-state index in [1.807, 2.05) is 12.1 Å². The summed E-state index contributed by atoms with van der Waals surface area (Å²) in [6.07, 6.45) is 6.84. The second kappa shape index (κ2) is 2.74. The van der Waals surface area contributed by atoms with Crippen LogP contribution in [-0.2, 0) is 12.8 Å². The van der Waals surface area contributed by atoms with Crippen molar-refractivity contribution < 1.29 is 0 Å². The average molecular weight is 187 g/mol. The summed E-state index contributed by atoms with van der Waals surface area (Å²) in [6.45, 7) is 0. The molecule has 0 saturated carbocycles. The zero-order chi connectivity index (χ0) is 9.54. The minimum Gasteiger partial charge on any atom is -0.396 e. The normalized spacial score (nSPS) is 15.7. The third kappa shape index (κ3) is 0.953. The molecule has 3 nitrogen and oxygen atoms in total. The van der Waals surface area contributed by atoms with Crippen molar-refractivity contribution in [1.82, 2.24) is 9.38 Å². The Morgan fingerprint density at radius 3 is 3.07 bits per heavy atom. The quantitative estimate of drug-likeness (QED) is 0.683. The molecule has 0 fully saturated rings. The van der Waals surface area contributed by atoms with Crippen LogP contribution < -0.4 is 5.73 Å². The van der Waals surface area contributed by atoms with Crippen molar-refractivity contribution in [3.05, 3.63) is 29.7 Å². The summed E-state index contributed by atoms with van der Waals surface area (Å²) >= 11 is 0. The van der Waals surface area contributed by atoms with Crippen LogP contribution in [-0.4, -0.2) is 9.38 Å². The molecule has 3 heteroatoms. The largest absolute Gasteiger partial charge is 0.396 e. The molecule has 14 heavy (non-hydrogen) atoms. The van der Waals surface area contributed by atoms with Crippen LogP contribution in [0.3, 0.4) is 0 Å². The highest BCUT2D eigenvalue weighted by molar-refractivity contribution is 5.65. The van der Waals surface area contributed by atoms with E-state index in [1.165, 1.54) is 24.2 Å². The van der Waals surface area contributed by atoms with Gasteiger partial charge in [-0.15, -0.1) is 0 Å². The molecule has 0 saturated heterocycles. The van der Waals surface area contributed by atoms with E-state index in [4.69, 9.17) is 5.73 Å². The second-order valence-electron chi connectivity index (χ2n) is 3.87. The lowest BCUT2D eigenvalue weighted by molar-refractivity contribution is 0.660. The number of fused-ring (bicyclic) bond motifs is 3. The van der Waals surface area contributed by atoms with E-state index >= 15 is 0 Å². The Kier molecular flexibility index (Phi) is 1.54. The van der Waals surface area contributed by atoms with Gasteiger partial charge in [-0.2, -0.15) is 0 Å². The first-order valence-corrected chi connectivity index (χ1v) is 5.10. The van der Waals surface area contributed by atoms with E-state index in [0.717, 1.165) is 24.2 Å². The third-order valence-electron chi connectivity index (χ3n) is 2.94. The first-order valence-electron chi connectivity index (χ1n) is 5.10. The number of aromatic nitrogens is 2. The van der Waals surface area contributed by atoms with Gasteiger partial charge in [0.25, 0.3) is 0 Å². The maximum absolute atomic E-state index is 5.88. The Bertz CT molecular complexity index is 484. The first-order chi connectivity index (χ1) is 6.86. The maximum Gasteiger partial charge on any atom is 0.160 e. The van der Waals surface area contributed by atoms with Gasteiger partial charge in [0, 0.05) is 11.9 Å². The Morgan fingerprint density at radius 1 is 1.29 bits per heavy atom. The number of hydrogen-bond donors (Lipinski definition) is 1. The fraction of sp³-hybridized carbons (Fsp3) is 0.364. The SMILES string of the molecule is Nc1cccn2c3c(nc12)CCCC3. The molecule has 0 unspecified atom stereocenters. The molecule has 1 aliphatic carbocycles. The number of nitrogens with two attached hydrogens (primary N) is 1. The van der Waals surface area contributed by atoms with E-state index in [2.05, 4.69) is 15.6 Å². The predicted octanol–water partition coefficient (Wildman–Crippen LogP) is 1.80. The van der Waals surface area contributed by atoms with Gasteiger partial charge in [-0.3, -0.25) is 0 Å². The maximum atomic E-state index is 5.88. The lowest BCUT2D eigenvalue weighted by Crippen LogP contribution is -2.03. The van der Waals surface area contributed by atoms with Crippen LogP contribution in [0.15, 0.2) is 18.3 Å². The van der Waals surface area contributed by atoms with Crippen molar-refractivity contribution in [3.63, 3.8) is 0 Å². The predicted molar refractivity (Wildman–Crippen MR) is 56.2 cm³/mol. The van der Waals surface area contributed by atoms with Gasteiger partial charge in [-0.05, 0) is 37.8 Å². The molecule has 0 spiro atoms. The van der Waals surface area contributed by atoms with Gasteiger partial charge in [-0.1, -0.05) is 0 Å². The molecule has 0 radical (unpaired) electrons. The smallest absolute Gasteiger partial charge is 0.160 e. The lowest BCUT2D eigenvalue weighted by Gasteiger charge is -2.09. The number of imidazole rings is 1. The van der Waals surface area contributed by atoms with E-state index in [9.17, 15) is 0 Å². The second-order valence-corrected chi connectivity index (χ2v) is 3.87. The van der Waals surface area contributed by atoms with Crippen molar-refractivity contribution in [2.75, 3.05) is 5.73 Å². The Hall–Kier alpha value is -1.51. The minimum atomic E-state index is 0.780. The van der Waals surface area contributed by atoms with Crippen LogP contribution in [0, 0.1) is 0 Å². The molecule has 72 valence electrons. The van der Waals surface area contributed by atoms with Crippen molar-refractivity contribution in [1.29, 1.82) is 0 Å². The van der Waals surface area contributed by atoms with Gasteiger partial charge >= 0.3 is 0 Å². The molecule has 1 aliphatic rings. The van der Waals surface area contributed by atoms with Gasteiger partial charge in [0.2, 0.25) is 0 Å². The molecule has 0 aromatic carbocycles. The fourth-order valence-corrected chi connectivity index (χ4v) is 2.23. The molecular weight excluding hydrogens is 174 g/mol. The molecule has 2 heterocycles. The van der Waals surface area contributed by atoms with Crippen molar-refractivity contribution in [3.8, 4) is 0 Å². The number of nitrogen functional groups attached to an aromatic ring is 1. The molecule has 0 amide bonds. The Labute approximate surface area is 82.6 Å². The number of hydrogen-bond acceptors (Lipinski definition) is 2. The van der Waals surface area contributed by atoms with E-state index < -0.39 is 0 Å². The number of aryl methyl sites for hydroxylation is 2. The number of anilines is 1. The molecule has 0 bridgehead atoms. The minimum absolute atomic E-state index is 0.780. The standard InChI is InChI=1S/C11H13N3/c12-8-4-3-7-14-10-6-2-1-5-9(10)13-11(8)14/h3-4,7H,1-2,5-6,12H2. The highest BCUT2D eigenvalue weighted by atomic mass is 15.0. The summed E-state index contributed by atoms with van der Waals surface area (Å²) in [4.78, 5) is 4.59. The van der Waals surface area contributed by atoms with Crippen LogP contribution in [0.1, 0.15) is 24.2 Å². The summed E-state index contributed by atoms with van der Waals surface area (Å²) < 4.78 is 2.14. The summed E-state index contributed by atoms with van der Waals surface area (Å²) in [5.41, 5.74) is 10.2. The lowest BCUT2D eigenvalue weighted by atomic mass is 10.0. The molecule has 2 aromatic rings. The third-order valence-corrected chi connectivity index (χ3v) is 2.94. The van der Waals surface area contributed by atoms with Gasteiger partial charge in [0.1, 0.15) is 0 Å². The monoisotopic (exact) mass is 187 g/mol. The van der Waals surface area contributed by atoms with Crippen LogP contribution in [0.4, 0.5) is 5.69 Å².